The molecule has 0 fully saturated rings. The molecule has 0 aromatic heterocycles. The maximum absolute atomic E-state index is 11.4. The van der Waals surface area contributed by atoms with Crippen molar-refractivity contribution in [2.24, 2.45) is 0 Å². The lowest BCUT2D eigenvalue weighted by Crippen LogP contribution is -2.46. The van der Waals surface area contributed by atoms with Gasteiger partial charge < -0.3 is 21.1 Å². The van der Waals surface area contributed by atoms with Crippen molar-refractivity contribution in [2.45, 2.75) is 19.4 Å². The van der Waals surface area contributed by atoms with E-state index in [1.54, 1.807) is 11.8 Å². The molecule has 0 saturated carbocycles. The topological polar surface area (TPSA) is 108 Å². The predicted octanol–water partition coefficient (Wildman–Crippen LogP) is -0.372. The molecule has 0 spiro atoms. The molecule has 0 heterocycles. The van der Waals surface area contributed by atoms with Crippen molar-refractivity contribution in [1.82, 2.24) is 16.0 Å². The summed E-state index contributed by atoms with van der Waals surface area (Å²) in [6.45, 7) is 1.27. The van der Waals surface area contributed by atoms with Gasteiger partial charge in [-0.1, -0.05) is 6.92 Å². The van der Waals surface area contributed by atoms with Crippen molar-refractivity contribution < 1.29 is 19.5 Å². The van der Waals surface area contributed by atoms with Gasteiger partial charge in [0.05, 0.1) is 6.54 Å². The van der Waals surface area contributed by atoms with Crippen LogP contribution in [0.5, 0.6) is 0 Å². The molecule has 0 aliphatic carbocycles. The SMILES string of the molecule is CCC(CSC)NC(=O)NCC(=O)NCC(=O)O. The minimum atomic E-state index is -1.13. The Morgan fingerprint density at radius 1 is 1.22 bits per heavy atom. The van der Waals surface area contributed by atoms with Crippen LogP contribution in [-0.4, -0.2) is 54.2 Å². The normalized spacial score (nSPS) is 11.4. The lowest BCUT2D eigenvalue weighted by Gasteiger charge is -2.16. The van der Waals surface area contributed by atoms with Gasteiger partial charge in [0, 0.05) is 11.8 Å². The highest BCUT2D eigenvalue weighted by Crippen LogP contribution is 2.00. The first kappa shape index (κ1) is 16.6. The Morgan fingerprint density at radius 3 is 2.39 bits per heavy atom. The molecule has 0 aromatic rings. The zero-order valence-corrected chi connectivity index (χ0v) is 11.3. The molecule has 0 aromatic carbocycles. The lowest BCUT2D eigenvalue weighted by molar-refractivity contribution is -0.137. The Bertz CT molecular complexity index is 299. The molecular weight excluding hydrogens is 258 g/mol. The standard InChI is InChI=1S/C10H19N3O4S/c1-3-7(6-18-2)13-10(17)12-4-8(14)11-5-9(15)16/h7H,3-6H2,1-2H3,(H,11,14)(H,15,16)(H2,12,13,17). The van der Waals surface area contributed by atoms with Gasteiger partial charge in [0.15, 0.2) is 0 Å². The van der Waals surface area contributed by atoms with E-state index in [0.29, 0.717) is 0 Å². The van der Waals surface area contributed by atoms with Crippen LogP contribution in [0.15, 0.2) is 0 Å². The van der Waals surface area contributed by atoms with E-state index < -0.39 is 24.5 Å². The van der Waals surface area contributed by atoms with Crippen molar-refractivity contribution in [3.05, 3.63) is 0 Å². The van der Waals surface area contributed by atoms with Gasteiger partial charge in [-0.05, 0) is 12.7 Å². The summed E-state index contributed by atoms with van der Waals surface area (Å²) in [5, 5.41) is 15.6. The first-order chi connectivity index (χ1) is 8.49. The largest absolute Gasteiger partial charge is 0.480 e. The summed E-state index contributed by atoms with van der Waals surface area (Å²) in [6.07, 6.45) is 2.75. The quantitative estimate of drug-likeness (QED) is 0.484. The van der Waals surface area contributed by atoms with Gasteiger partial charge in [-0.25, -0.2) is 4.79 Å². The molecule has 0 radical (unpaired) electrons. The number of carbonyl (C=O) groups is 3. The fourth-order valence-electron chi connectivity index (χ4n) is 1.10. The van der Waals surface area contributed by atoms with Crippen LogP contribution >= 0.6 is 11.8 Å². The molecule has 3 amide bonds. The average molecular weight is 277 g/mol. The highest BCUT2D eigenvalue weighted by Gasteiger charge is 2.10. The molecular formula is C10H19N3O4S. The Labute approximate surface area is 110 Å². The summed E-state index contributed by atoms with van der Waals surface area (Å²) in [7, 11) is 0. The third-order valence-electron chi connectivity index (χ3n) is 2.04. The van der Waals surface area contributed by atoms with Crippen molar-refractivity contribution in [2.75, 3.05) is 25.1 Å². The van der Waals surface area contributed by atoms with Gasteiger partial charge >= 0.3 is 12.0 Å². The third-order valence-corrected chi connectivity index (χ3v) is 2.78. The molecule has 1 atom stereocenters. The second-order valence-electron chi connectivity index (χ2n) is 3.56. The van der Waals surface area contributed by atoms with Crippen LogP contribution in [0.1, 0.15) is 13.3 Å². The first-order valence-corrected chi connectivity index (χ1v) is 6.90. The smallest absolute Gasteiger partial charge is 0.322 e. The second-order valence-corrected chi connectivity index (χ2v) is 4.47. The maximum Gasteiger partial charge on any atom is 0.322 e. The molecule has 0 rings (SSSR count). The lowest BCUT2D eigenvalue weighted by atomic mass is 10.3. The predicted molar refractivity (Wildman–Crippen MR) is 69.6 cm³/mol. The van der Waals surface area contributed by atoms with Crippen LogP contribution in [0.2, 0.25) is 0 Å². The molecule has 18 heavy (non-hydrogen) atoms. The van der Waals surface area contributed by atoms with Gasteiger partial charge in [-0.3, -0.25) is 9.59 Å². The molecule has 104 valence electrons. The summed E-state index contributed by atoms with van der Waals surface area (Å²) >= 11 is 1.62. The minimum absolute atomic E-state index is 0.0575. The number of nitrogens with one attached hydrogen (secondary N) is 3. The fraction of sp³-hybridized carbons (Fsp3) is 0.700. The van der Waals surface area contributed by atoms with Gasteiger partial charge in [-0.15, -0.1) is 0 Å². The van der Waals surface area contributed by atoms with Crippen LogP contribution in [0.25, 0.3) is 0 Å². The summed E-state index contributed by atoms with van der Waals surface area (Å²) in [5.41, 5.74) is 0. The number of amides is 3. The number of hydrogen-bond donors (Lipinski definition) is 4. The summed E-state index contributed by atoms with van der Waals surface area (Å²) in [5.74, 6) is -0.862. The van der Waals surface area contributed by atoms with Crippen molar-refractivity contribution in [3.63, 3.8) is 0 Å². The van der Waals surface area contributed by atoms with E-state index in [0.717, 1.165) is 12.2 Å². The molecule has 4 N–H and O–H groups in total. The Balaban J connectivity index is 3.81. The van der Waals surface area contributed by atoms with Gasteiger partial charge in [0.2, 0.25) is 5.91 Å². The number of rotatable bonds is 8. The number of aliphatic carboxylic acids is 1. The van der Waals surface area contributed by atoms with Crippen molar-refractivity contribution in [1.29, 1.82) is 0 Å². The van der Waals surface area contributed by atoms with E-state index in [1.165, 1.54) is 0 Å². The Hall–Kier alpha value is -1.44. The molecule has 8 heteroatoms. The maximum atomic E-state index is 11.4. The average Bonchev–Trinajstić information content (AvgIpc) is 2.33. The summed E-state index contributed by atoms with van der Waals surface area (Å²) < 4.78 is 0. The summed E-state index contributed by atoms with van der Waals surface area (Å²) in [4.78, 5) is 32.7. The first-order valence-electron chi connectivity index (χ1n) is 5.51. The van der Waals surface area contributed by atoms with E-state index in [9.17, 15) is 14.4 Å². The van der Waals surface area contributed by atoms with Gasteiger partial charge in [0.25, 0.3) is 0 Å². The number of urea groups is 1. The highest BCUT2D eigenvalue weighted by molar-refractivity contribution is 7.98. The number of hydrogen-bond acceptors (Lipinski definition) is 4. The molecule has 0 aliphatic rings. The van der Waals surface area contributed by atoms with Gasteiger partial charge in [0.1, 0.15) is 6.54 Å². The molecule has 0 aliphatic heterocycles. The number of carboxylic acids is 1. The Morgan fingerprint density at radius 2 is 1.89 bits per heavy atom. The van der Waals surface area contributed by atoms with E-state index in [4.69, 9.17) is 5.11 Å². The molecule has 0 bridgehead atoms. The van der Waals surface area contributed by atoms with Crippen LogP contribution in [0.3, 0.4) is 0 Å². The van der Waals surface area contributed by atoms with Gasteiger partial charge in [-0.2, -0.15) is 11.8 Å². The van der Waals surface area contributed by atoms with Crippen LogP contribution < -0.4 is 16.0 Å². The van der Waals surface area contributed by atoms with E-state index >= 15 is 0 Å². The molecule has 0 saturated heterocycles. The molecule has 7 nitrogen and oxygen atoms in total. The van der Waals surface area contributed by atoms with E-state index in [2.05, 4.69) is 16.0 Å². The molecule has 1 unspecified atom stereocenters. The zero-order valence-electron chi connectivity index (χ0n) is 10.5. The van der Waals surface area contributed by atoms with Crippen LogP contribution in [0.4, 0.5) is 4.79 Å². The second kappa shape index (κ2) is 9.58. The zero-order chi connectivity index (χ0) is 14.0. The Kier molecular flexibility index (Phi) is 8.81. The number of thioether (sulfide) groups is 1. The van der Waals surface area contributed by atoms with Crippen LogP contribution in [0, 0.1) is 0 Å². The van der Waals surface area contributed by atoms with Crippen molar-refractivity contribution >= 4 is 29.7 Å². The third kappa shape index (κ3) is 8.68. The van der Waals surface area contributed by atoms with Crippen molar-refractivity contribution in [3.8, 4) is 0 Å². The minimum Gasteiger partial charge on any atom is -0.480 e. The highest BCUT2D eigenvalue weighted by atomic mass is 32.2. The number of carboxylic acid groups (broad SMARTS) is 1. The van der Waals surface area contributed by atoms with E-state index in [-0.39, 0.29) is 12.6 Å². The monoisotopic (exact) mass is 277 g/mol. The van der Waals surface area contributed by atoms with E-state index in [1.807, 2.05) is 13.2 Å². The number of carbonyl (C=O) groups excluding carboxylic acids is 2. The fourth-order valence-corrected chi connectivity index (χ4v) is 1.82. The van der Waals surface area contributed by atoms with Crippen LogP contribution in [-0.2, 0) is 9.59 Å². The summed E-state index contributed by atoms with van der Waals surface area (Å²) in [6, 6.07) is -0.372.